The third-order valence-electron chi connectivity index (χ3n) is 3.22. The maximum Gasteiger partial charge on any atom is 0.248 e. The van der Waals surface area contributed by atoms with Gasteiger partial charge in [-0.25, -0.2) is 4.98 Å². The molecule has 0 aliphatic rings. The number of nitrogens with two attached hydrogens (primary N) is 1. The SMILES string of the molecule is Cn1c(-c2cccc(=O)[nH]2)nc2c(CN)cccc21. The van der Waals surface area contributed by atoms with Gasteiger partial charge < -0.3 is 15.3 Å². The summed E-state index contributed by atoms with van der Waals surface area (Å²) in [7, 11) is 1.93. The first-order valence-corrected chi connectivity index (χ1v) is 6.05. The number of aromatic nitrogens is 3. The average Bonchev–Trinajstić information content (AvgIpc) is 2.76. The van der Waals surface area contributed by atoms with E-state index in [0.717, 1.165) is 22.4 Å². The van der Waals surface area contributed by atoms with Gasteiger partial charge in [0.05, 0.1) is 16.7 Å². The van der Waals surface area contributed by atoms with Crippen LogP contribution in [-0.4, -0.2) is 14.5 Å². The summed E-state index contributed by atoms with van der Waals surface area (Å²) in [5.41, 5.74) is 9.18. The van der Waals surface area contributed by atoms with E-state index in [-0.39, 0.29) is 5.56 Å². The van der Waals surface area contributed by atoms with E-state index in [1.165, 1.54) is 6.07 Å². The number of pyridine rings is 1. The number of nitrogens with zero attached hydrogens (tertiary/aromatic N) is 2. The zero-order valence-corrected chi connectivity index (χ0v) is 10.6. The fraction of sp³-hybridized carbons (Fsp3) is 0.143. The predicted octanol–water partition coefficient (Wildman–Crippen LogP) is 1.39. The molecule has 0 saturated heterocycles. The zero-order chi connectivity index (χ0) is 13.4. The van der Waals surface area contributed by atoms with Gasteiger partial charge in [0.25, 0.3) is 0 Å². The number of fused-ring (bicyclic) bond motifs is 1. The highest BCUT2D eigenvalue weighted by Crippen LogP contribution is 2.23. The molecule has 0 aliphatic heterocycles. The lowest BCUT2D eigenvalue weighted by molar-refractivity contribution is 0.948. The molecule has 0 atom stereocenters. The molecule has 3 aromatic rings. The molecule has 19 heavy (non-hydrogen) atoms. The van der Waals surface area contributed by atoms with Crippen LogP contribution in [0, 0.1) is 0 Å². The lowest BCUT2D eigenvalue weighted by atomic mass is 10.2. The Morgan fingerprint density at radius 2 is 2.05 bits per heavy atom. The first-order valence-electron chi connectivity index (χ1n) is 6.05. The lowest BCUT2D eigenvalue weighted by Crippen LogP contribution is -2.05. The molecule has 0 amide bonds. The average molecular weight is 254 g/mol. The number of rotatable bonds is 2. The molecule has 0 saturated carbocycles. The standard InChI is InChI=1S/C14H14N4O/c1-18-11-6-2-4-9(8-15)13(11)17-14(18)10-5-3-7-12(19)16-10/h2-7H,8,15H2,1H3,(H,16,19). The Hall–Kier alpha value is -2.40. The van der Waals surface area contributed by atoms with Crippen LogP contribution in [0.25, 0.3) is 22.6 Å². The van der Waals surface area contributed by atoms with E-state index in [1.54, 1.807) is 6.07 Å². The molecule has 2 aromatic heterocycles. The van der Waals surface area contributed by atoms with Crippen molar-refractivity contribution in [1.29, 1.82) is 0 Å². The minimum atomic E-state index is -0.136. The Bertz CT molecular complexity index is 801. The van der Waals surface area contributed by atoms with Gasteiger partial charge >= 0.3 is 0 Å². The summed E-state index contributed by atoms with van der Waals surface area (Å²) in [5.74, 6) is 0.730. The molecule has 2 heterocycles. The van der Waals surface area contributed by atoms with Gasteiger partial charge in [0.1, 0.15) is 0 Å². The first kappa shape index (κ1) is 11.7. The van der Waals surface area contributed by atoms with Crippen molar-refractivity contribution in [2.45, 2.75) is 6.54 Å². The Labute approximate surface area is 109 Å². The Kier molecular flexibility index (Phi) is 2.68. The molecule has 1 aromatic carbocycles. The number of aryl methyl sites for hydroxylation is 1. The normalized spacial score (nSPS) is 11.1. The van der Waals surface area contributed by atoms with Gasteiger partial charge in [-0.05, 0) is 17.7 Å². The number of aromatic amines is 1. The molecule has 0 radical (unpaired) electrons. The van der Waals surface area contributed by atoms with Crippen LogP contribution in [0.1, 0.15) is 5.56 Å². The number of para-hydroxylation sites is 1. The zero-order valence-electron chi connectivity index (χ0n) is 10.6. The second kappa shape index (κ2) is 4.37. The van der Waals surface area contributed by atoms with E-state index < -0.39 is 0 Å². The second-order valence-corrected chi connectivity index (χ2v) is 4.41. The van der Waals surface area contributed by atoms with Crippen LogP contribution < -0.4 is 11.3 Å². The van der Waals surface area contributed by atoms with Crippen molar-refractivity contribution < 1.29 is 0 Å². The molecule has 0 spiro atoms. The highest BCUT2D eigenvalue weighted by Gasteiger charge is 2.12. The van der Waals surface area contributed by atoms with Crippen LogP contribution in [0.4, 0.5) is 0 Å². The monoisotopic (exact) mass is 254 g/mol. The van der Waals surface area contributed by atoms with Crippen molar-refractivity contribution in [1.82, 2.24) is 14.5 Å². The largest absolute Gasteiger partial charge is 0.326 e. The number of nitrogens with one attached hydrogen (secondary N) is 1. The van der Waals surface area contributed by atoms with E-state index in [0.29, 0.717) is 12.2 Å². The predicted molar refractivity (Wildman–Crippen MR) is 74.7 cm³/mol. The van der Waals surface area contributed by atoms with Gasteiger partial charge in [-0.2, -0.15) is 0 Å². The molecule has 96 valence electrons. The maximum absolute atomic E-state index is 11.4. The van der Waals surface area contributed by atoms with Gasteiger partial charge in [0, 0.05) is 19.7 Å². The van der Waals surface area contributed by atoms with Crippen LogP contribution in [0.3, 0.4) is 0 Å². The number of hydrogen-bond acceptors (Lipinski definition) is 3. The first-order chi connectivity index (χ1) is 9.20. The molecule has 0 fully saturated rings. The van der Waals surface area contributed by atoms with E-state index >= 15 is 0 Å². The smallest absolute Gasteiger partial charge is 0.248 e. The molecule has 3 N–H and O–H groups in total. The Balaban J connectivity index is 2.31. The summed E-state index contributed by atoms with van der Waals surface area (Å²) in [6, 6.07) is 11.0. The minimum absolute atomic E-state index is 0.136. The molecule has 3 rings (SSSR count). The summed E-state index contributed by atoms with van der Waals surface area (Å²) < 4.78 is 1.96. The van der Waals surface area contributed by atoms with Gasteiger partial charge in [-0.3, -0.25) is 4.79 Å². The second-order valence-electron chi connectivity index (χ2n) is 4.41. The molecule has 0 aliphatic carbocycles. The van der Waals surface area contributed by atoms with Crippen molar-refractivity contribution in [2.24, 2.45) is 12.8 Å². The number of H-pyrrole nitrogens is 1. The van der Waals surface area contributed by atoms with Crippen LogP contribution in [-0.2, 0) is 13.6 Å². The van der Waals surface area contributed by atoms with E-state index in [9.17, 15) is 4.79 Å². The highest BCUT2D eigenvalue weighted by molar-refractivity contribution is 5.83. The maximum atomic E-state index is 11.4. The molecule has 0 bridgehead atoms. The van der Waals surface area contributed by atoms with E-state index in [2.05, 4.69) is 9.97 Å². The highest BCUT2D eigenvalue weighted by atomic mass is 16.1. The Morgan fingerprint density at radius 1 is 1.26 bits per heavy atom. The van der Waals surface area contributed by atoms with Crippen LogP contribution in [0.5, 0.6) is 0 Å². The molecule has 5 nitrogen and oxygen atoms in total. The van der Waals surface area contributed by atoms with Gasteiger partial charge in [-0.1, -0.05) is 18.2 Å². The third kappa shape index (κ3) is 1.84. The quantitative estimate of drug-likeness (QED) is 0.725. The van der Waals surface area contributed by atoms with Crippen LogP contribution in [0.2, 0.25) is 0 Å². The van der Waals surface area contributed by atoms with Crippen molar-refractivity contribution in [2.75, 3.05) is 0 Å². The summed E-state index contributed by atoms with van der Waals surface area (Å²) in [6.45, 7) is 0.444. The fourth-order valence-corrected chi connectivity index (χ4v) is 2.26. The minimum Gasteiger partial charge on any atom is -0.326 e. The van der Waals surface area contributed by atoms with E-state index in [1.807, 2.05) is 35.9 Å². The van der Waals surface area contributed by atoms with Crippen molar-refractivity contribution in [3.05, 3.63) is 52.3 Å². The van der Waals surface area contributed by atoms with Crippen LogP contribution >= 0.6 is 0 Å². The number of imidazole rings is 1. The molecular weight excluding hydrogens is 240 g/mol. The van der Waals surface area contributed by atoms with Gasteiger partial charge in [0.2, 0.25) is 5.56 Å². The van der Waals surface area contributed by atoms with E-state index in [4.69, 9.17) is 5.73 Å². The number of hydrogen-bond donors (Lipinski definition) is 2. The van der Waals surface area contributed by atoms with Crippen LogP contribution in [0.15, 0.2) is 41.2 Å². The topological polar surface area (TPSA) is 76.7 Å². The third-order valence-corrected chi connectivity index (χ3v) is 3.22. The summed E-state index contributed by atoms with van der Waals surface area (Å²) in [5, 5.41) is 0. The molecule has 0 unspecified atom stereocenters. The van der Waals surface area contributed by atoms with Crippen molar-refractivity contribution in [3.8, 4) is 11.5 Å². The summed E-state index contributed by atoms with van der Waals surface area (Å²) >= 11 is 0. The van der Waals surface area contributed by atoms with Gasteiger partial charge in [0.15, 0.2) is 5.82 Å². The Morgan fingerprint density at radius 3 is 2.79 bits per heavy atom. The van der Waals surface area contributed by atoms with Crippen molar-refractivity contribution in [3.63, 3.8) is 0 Å². The molecule has 5 heteroatoms. The summed E-state index contributed by atoms with van der Waals surface area (Å²) in [4.78, 5) is 18.8. The fourth-order valence-electron chi connectivity index (χ4n) is 2.26. The van der Waals surface area contributed by atoms with Gasteiger partial charge in [-0.15, -0.1) is 0 Å². The summed E-state index contributed by atoms with van der Waals surface area (Å²) in [6.07, 6.45) is 0. The molecular formula is C14H14N4O. The number of benzene rings is 1. The lowest BCUT2D eigenvalue weighted by Gasteiger charge is -2.01. The van der Waals surface area contributed by atoms with Crippen molar-refractivity contribution >= 4 is 11.0 Å².